The summed E-state index contributed by atoms with van der Waals surface area (Å²) in [6, 6.07) is -1.40. The lowest BCUT2D eigenvalue weighted by atomic mass is 9.95. The van der Waals surface area contributed by atoms with Gasteiger partial charge in [0.15, 0.2) is 18.9 Å². The Kier molecular flexibility index (Phi) is 10.5. The van der Waals surface area contributed by atoms with Gasteiger partial charge in [0.2, 0.25) is 5.91 Å². The van der Waals surface area contributed by atoms with Crippen molar-refractivity contribution in [2.45, 2.75) is 99.0 Å². The van der Waals surface area contributed by atoms with Crippen molar-refractivity contribution >= 4 is 5.91 Å². The number of aliphatic hydroxyl groups is 10. The van der Waals surface area contributed by atoms with E-state index >= 15 is 0 Å². The number of hydrogen-bond acceptors (Lipinski definition) is 16. The molecule has 0 unspecified atom stereocenters. The lowest BCUT2D eigenvalue weighted by molar-refractivity contribution is -0.375. The van der Waals surface area contributed by atoms with Crippen LogP contribution in [0.5, 0.6) is 0 Å². The monoisotopic (exact) mass is 545 g/mol. The standard InChI is InChI=1S/C20H35NO16/c1-5(25)21-9-12(28)16(8(4-24)33-18(9)32)36-20-15(31)17(11(27)7(3-23)35-20)37-19-14(30)13(29)10(26)6(2-22)34-19/h6-20,22-24,26-32H,2-4H2,1H3,(H,21,25)/t6-,7-,8-,9-,10+,11+,12-,13+,14-,15-,16-,17+,18-,19+,20+/m1/s1. The molecule has 0 aliphatic carbocycles. The molecule has 3 fully saturated rings. The molecule has 1 amide bonds. The zero-order valence-electron chi connectivity index (χ0n) is 19.7. The zero-order valence-corrected chi connectivity index (χ0v) is 19.7. The van der Waals surface area contributed by atoms with E-state index in [9.17, 15) is 55.9 Å². The van der Waals surface area contributed by atoms with Crippen molar-refractivity contribution in [3.8, 4) is 0 Å². The Morgan fingerprint density at radius 2 is 1.16 bits per heavy atom. The third-order valence-corrected chi connectivity index (χ3v) is 6.50. The fraction of sp³-hybridized carbons (Fsp3) is 0.950. The molecule has 37 heavy (non-hydrogen) atoms. The van der Waals surface area contributed by atoms with Crippen molar-refractivity contribution in [2.24, 2.45) is 0 Å². The number of ether oxygens (including phenoxy) is 5. The minimum Gasteiger partial charge on any atom is -0.394 e. The average Bonchev–Trinajstić information content (AvgIpc) is 2.86. The smallest absolute Gasteiger partial charge is 0.217 e. The molecule has 3 heterocycles. The van der Waals surface area contributed by atoms with Crippen LogP contribution < -0.4 is 5.32 Å². The predicted octanol–water partition coefficient (Wildman–Crippen LogP) is -7.43. The van der Waals surface area contributed by atoms with Crippen molar-refractivity contribution in [1.29, 1.82) is 0 Å². The third kappa shape index (κ3) is 6.38. The molecule has 0 bridgehead atoms. The molecule has 0 aromatic rings. The van der Waals surface area contributed by atoms with Crippen molar-refractivity contribution < 1.29 is 79.5 Å². The van der Waals surface area contributed by atoms with Crippen LogP contribution in [0.1, 0.15) is 6.92 Å². The Bertz CT molecular complexity index is 745. The van der Waals surface area contributed by atoms with Crippen LogP contribution in [0.15, 0.2) is 0 Å². The van der Waals surface area contributed by atoms with E-state index in [-0.39, 0.29) is 0 Å². The summed E-state index contributed by atoms with van der Waals surface area (Å²) < 4.78 is 26.9. The van der Waals surface area contributed by atoms with Crippen molar-refractivity contribution in [3.63, 3.8) is 0 Å². The Hall–Kier alpha value is -1.13. The van der Waals surface area contributed by atoms with Crippen LogP contribution in [-0.2, 0) is 28.5 Å². The van der Waals surface area contributed by atoms with Gasteiger partial charge in [-0.25, -0.2) is 0 Å². The molecular weight excluding hydrogens is 510 g/mol. The fourth-order valence-electron chi connectivity index (χ4n) is 4.46. The average molecular weight is 545 g/mol. The topological polar surface area (TPSA) is 278 Å². The molecule has 0 aromatic carbocycles. The summed E-state index contributed by atoms with van der Waals surface area (Å²) in [5, 5.41) is 103. The molecule has 3 aliphatic rings. The van der Waals surface area contributed by atoms with Gasteiger partial charge in [0.25, 0.3) is 0 Å². The van der Waals surface area contributed by atoms with Gasteiger partial charge in [0.05, 0.1) is 19.8 Å². The highest BCUT2D eigenvalue weighted by Crippen LogP contribution is 2.32. The van der Waals surface area contributed by atoms with Crippen LogP contribution in [-0.4, -0.2) is 169 Å². The quantitative estimate of drug-likeness (QED) is 0.135. The Morgan fingerprint density at radius 3 is 1.70 bits per heavy atom. The van der Waals surface area contributed by atoms with E-state index in [0.717, 1.165) is 6.92 Å². The highest BCUT2D eigenvalue weighted by molar-refractivity contribution is 5.73. The summed E-state index contributed by atoms with van der Waals surface area (Å²) in [4.78, 5) is 11.5. The highest BCUT2D eigenvalue weighted by atomic mass is 16.7. The Balaban J connectivity index is 1.80. The van der Waals surface area contributed by atoms with Gasteiger partial charge in [-0.1, -0.05) is 0 Å². The van der Waals surface area contributed by atoms with Crippen LogP contribution in [0, 0.1) is 0 Å². The number of carbonyl (C=O) groups is 1. The van der Waals surface area contributed by atoms with Gasteiger partial charge in [-0.3, -0.25) is 4.79 Å². The van der Waals surface area contributed by atoms with Crippen LogP contribution in [0.4, 0.5) is 0 Å². The lowest BCUT2D eigenvalue weighted by Gasteiger charge is -2.48. The van der Waals surface area contributed by atoms with E-state index in [4.69, 9.17) is 23.7 Å². The largest absolute Gasteiger partial charge is 0.394 e. The van der Waals surface area contributed by atoms with E-state index < -0.39 is 118 Å². The second-order valence-corrected chi connectivity index (χ2v) is 9.07. The van der Waals surface area contributed by atoms with E-state index in [0.29, 0.717) is 0 Å². The van der Waals surface area contributed by atoms with Gasteiger partial charge in [0, 0.05) is 6.92 Å². The molecule has 216 valence electrons. The Labute approximate surface area is 210 Å². The molecular formula is C20H35NO16. The summed E-state index contributed by atoms with van der Waals surface area (Å²) in [5.41, 5.74) is 0. The van der Waals surface area contributed by atoms with Gasteiger partial charge < -0.3 is 80.1 Å². The number of amides is 1. The molecule has 11 N–H and O–H groups in total. The first-order valence-electron chi connectivity index (χ1n) is 11.6. The van der Waals surface area contributed by atoms with Crippen LogP contribution >= 0.6 is 0 Å². The number of nitrogens with one attached hydrogen (secondary N) is 1. The number of rotatable bonds is 8. The fourth-order valence-corrected chi connectivity index (χ4v) is 4.46. The molecule has 15 atom stereocenters. The normalized spacial score (nSPS) is 49.0. The van der Waals surface area contributed by atoms with Crippen molar-refractivity contribution in [3.05, 3.63) is 0 Å². The molecule has 0 spiro atoms. The van der Waals surface area contributed by atoms with Crippen LogP contribution in [0.3, 0.4) is 0 Å². The second kappa shape index (κ2) is 12.8. The lowest BCUT2D eigenvalue weighted by Crippen LogP contribution is -2.68. The van der Waals surface area contributed by atoms with Crippen molar-refractivity contribution in [1.82, 2.24) is 5.32 Å². The van der Waals surface area contributed by atoms with Gasteiger partial charge in [-0.15, -0.1) is 0 Å². The maximum Gasteiger partial charge on any atom is 0.217 e. The minimum absolute atomic E-state index is 0.627. The molecule has 3 aliphatic heterocycles. The molecule has 0 saturated carbocycles. The third-order valence-electron chi connectivity index (χ3n) is 6.50. The van der Waals surface area contributed by atoms with Gasteiger partial charge in [-0.2, -0.15) is 0 Å². The summed E-state index contributed by atoms with van der Waals surface area (Å²) in [7, 11) is 0. The summed E-state index contributed by atoms with van der Waals surface area (Å²) >= 11 is 0. The molecule has 17 heteroatoms. The molecule has 17 nitrogen and oxygen atoms in total. The van der Waals surface area contributed by atoms with E-state index in [1.807, 2.05) is 0 Å². The molecule has 3 rings (SSSR count). The minimum atomic E-state index is -1.91. The van der Waals surface area contributed by atoms with Crippen molar-refractivity contribution in [2.75, 3.05) is 19.8 Å². The SMILES string of the molecule is CC(=O)N[C@@H]1[C@@H](O)[C@H](O[C@@H]2O[C@H](CO)[C@H](O)[C@H](O[C@@H]3O[C@H](CO)[C@H](O)[C@H](O)[C@H]3O)[C@H]2O)[C@@H](CO)O[C@H]1O. The number of aliphatic hydroxyl groups excluding tert-OH is 10. The van der Waals surface area contributed by atoms with E-state index in [2.05, 4.69) is 5.32 Å². The summed E-state index contributed by atoms with van der Waals surface area (Å²) in [6.45, 7) is -1.23. The second-order valence-electron chi connectivity index (χ2n) is 9.07. The Morgan fingerprint density at radius 1 is 0.649 bits per heavy atom. The summed E-state index contributed by atoms with van der Waals surface area (Å²) in [5.74, 6) is -0.627. The zero-order chi connectivity index (χ0) is 27.6. The first kappa shape index (κ1) is 30.4. The van der Waals surface area contributed by atoms with Gasteiger partial charge in [0.1, 0.15) is 73.2 Å². The van der Waals surface area contributed by atoms with E-state index in [1.165, 1.54) is 0 Å². The van der Waals surface area contributed by atoms with Crippen LogP contribution in [0.2, 0.25) is 0 Å². The van der Waals surface area contributed by atoms with Crippen LogP contribution in [0.25, 0.3) is 0 Å². The number of hydrogen-bond donors (Lipinski definition) is 11. The van der Waals surface area contributed by atoms with Gasteiger partial charge in [-0.05, 0) is 0 Å². The van der Waals surface area contributed by atoms with Gasteiger partial charge >= 0.3 is 0 Å². The van der Waals surface area contributed by atoms with E-state index in [1.54, 1.807) is 0 Å². The molecule has 0 aromatic heterocycles. The maximum atomic E-state index is 11.5. The predicted molar refractivity (Wildman–Crippen MR) is 113 cm³/mol. The molecule has 0 radical (unpaired) electrons. The maximum absolute atomic E-state index is 11.5. The highest BCUT2D eigenvalue weighted by Gasteiger charge is 2.53. The molecule has 3 saturated heterocycles. The summed E-state index contributed by atoms with van der Waals surface area (Å²) in [6.07, 6.45) is -23.4. The first-order chi connectivity index (χ1) is 17.4. The number of carbonyl (C=O) groups excluding carboxylic acids is 1. The first-order valence-corrected chi connectivity index (χ1v) is 11.6.